The van der Waals surface area contributed by atoms with Gasteiger partial charge in [0.15, 0.2) is 0 Å². The third kappa shape index (κ3) is 7.09. The highest BCUT2D eigenvalue weighted by atomic mass is 16.2. The number of likely N-dealkylation sites (tertiary alicyclic amines) is 2. The summed E-state index contributed by atoms with van der Waals surface area (Å²) < 4.78 is 0. The van der Waals surface area contributed by atoms with Crippen LogP contribution in [0.25, 0.3) is 0 Å². The van der Waals surface area contributed by atoms with Gasteiger partial charge < -0.3 is 26.2 Å². The average molecular weight is 480 g/mol. The molecule has 2 saturated heterocycles. The van der Waals surface area contributed by atoms with Crippen molar-refractivity contribution in [1.29, 1.82) is 0 Å². The Hall–Kier alpha value is -2.32. The minimum absolute atomic E-state index is 0.00570. The lowest BCUT2D eigenvalue weighted by molar-refractivity contribution is -0.140. The fourth-order valence-corrected chi connectivity index (χ4v) is 4.59. The summed E-state index contributed by atoms with van der Waals surface area (Å²) in [4.78, 5) is 54.3. The molecule has 0 saturated carbocycles. The number of urea groups is 1. The van der Waals surface area contributed by atoms with Crippen LogP contribution in [-0.4, -0.2) is 71.3 Å². The molecule has 2 rings (SSSR count). The summed E-state index contributed by atoms with van der Waals surface area (Å²) in [6, 6.07) is -2.24. The van der Waals surface area contributed by atoms with Crippen LogP contribution in [0, 0.1) is 16.2 Å². The zero-order valence-corrected chi connectivity index (χ0v) is 22.3. The molecule has 34 heavy (non-hydrogen) atoms. The van der Waals surface area contributed by atoms with Crippen molar-refractivity contribution in [2.24, 2.45) is 22.0 Å². The summed E-state index contributed by atoms with van der Waals surface area (Å²) in [5.41, 5.74) is 4.61. The minimum atomic E-state index is -0.828. The van der Waals surface area contributed by atoms with Crippen LogP contribution in [0.3, 0.4) is 0 Å². The van der Waals surface area contributed by atoms with Crippen molar-refractivity contribution in [3.63, 3.8) is 0 Å². The molecule has 0 aromatic carbocycles. The summed E-state index contributed by atoms with van der Waals surface area (Å²) in [5, 5.41) is 5.88. The third-order valence-electron chi connectivity index (χ3n) is 7.05. The molecule has 0 aromatic rings. The molecule has 0 aliphatic carbocycles. The van der Waals surface area contributed by atoms with Crippen LogP contribution in [-0.2, 0) is 14.4 Å². The molecule has 0 radical (unpaired) electrons. The number of amides is 5. The van der Waals surface area contributed by atoms with Crippen molar-refractivity contribution in [1.82, 2.24) is 20.4 Å². The molecule has 4 N–H and O–H groups in total. The molecule has 9 nitrogen and oxygen atoms in total. The van der Waals surface area contributed by atoms with E-state index in [0.29, 0.717) is 38.9 Å². The van der Waals surface area contributed by atoms with Gasteiger partial charge in [0, 0.05) is 26.1 Å². The Labute approximate surface area is 204 Å². The number of piperidine rings is 1. The maximum Gasteiger partial charge on any atom is 0.315 e. The maximum atomic E-state index is 13.4. The Bertz CT molecular complexity index is 796. The molecule has 0 aromatic heterocycles. The van der Waals surface area contributed by atoms with Crippen LogP contribution in [0.2, 0.25) is 0 Å². The van der Waals surface area contributed by atoms with E-state index in [0.717, 1.165) is 6.42 Å². The van der Waals surface area contributed by atoms with Gasteiger partial charge in [-0.2, -0.15) is 0 Å². The van der Waals surface area contributed by atoms with Gasteiger partial charge in [0.2, 0.25) is 17.7 Å². The Morgan fingerprint density at radius 3 is 2.18 bits per heavy atom. The van der Waals surface area contributed by atoms with Gasteiger partial charge in [0.25, 0.3) is 0 Å². The van der Waals surface area contributed by atoms with E-state index >= 15 is 0 Å². The smallest absolute Gasteiger partial charge is 0.315 e. The molecule has 2 fully saturated rings. The second kappa shape index (κ2) is 10.1. The van der Waals surface area contributed by atoms with Crippen molar-refractivity contribution >= 4 is 23.8 Å². The molecular weight excluding hydrogens is 434 g/mol. The summed E-state index contributed by atoms with van der Waals surface area (Å²) >= 11 is 0. The second-order valence-electron chi connectivity index (χ2n) is 12.9. The molecule has 9 heteroatoms. The van der Waals surface area contributed by atoms with Gasteiger partial charge in [-0.3, -0.25) is 14.4 Å². The molecule has 0 bridgehead atoms. The number of hydrogen-bond donors (Lipinski definition) is 3. The van der Waals surface area contributed by atoms with Crippen molar-refractivity contribution in [2.45, 2.75) is 99.2 Å². The Balaban J connectivity index is 2.13. The molecule has 194 valence electrons. The number of primary amides is 1. The standard InChI is InChI=1S/C25H45N5O4/c1-23(2,3)17(15-29-13-11-25(7,8)14-18(29)31)27-22(34)28-19(24(4,5)6)21(33)30-12-9-10-16(30)20(26)32/h16-17,19H,9-15H2,1-8H3,(H2,26,32)(H2,27,28,34)/t16-,17+,19+/m0/s1. The van der Waals surface area contributed by atoms with E-state index in [1.807, 2.05) is 46.4 Å². The van der Waals surface area contributed by atoms with Crippen LogP contribution in [0.15, 0.2) is 0 Å². The first-order valence-corrected chi connectivity index (χ1v) is 12.4. The SMILES string of the molecule is CC1(C)CCN(C[C@@H](NC(=O)N[C@H](C(=O)N2CCC[C@H]2C(N)=O)C(C)(C)C)C(C)(C)C)C(=O)C1. The molecule has 0 unspecified atom stereocenters. The summed E-state index contributed by atoms with van der Waals surface area (Å²) in [7, 11) is 0. The largest absolute Gasteiger partial charge is 0.368 e. The average Bonchev–Trinajstić information content (AvgIpc) is 3.15. The van der Waals surface area contributed by atoms with E-state index in [4.69, 9.17) is 5.73 Å². The first-order valence-electron chi connectivity index (χ1n) is 12.4. The third-order valence-corrected chi connectivity index (χ3v) is 7.05. The summed E-state index contributed by atoms with van der Waals surface area (Å²) in [6.45, 7) is 17.4. The molecule has 3 atom stereocenters. The van der Waals surface area contributed by atoms with Gasteiger partial charge in [-0.1, -0.05) is 55.4 Å². The predicted molar refractivity (Wildman–Crippen MR) is 132 cm³/mol. The van der Waals surface area contributed by atoms with Crippen molar-refractivity contribution in [2.75, 3.05) is 19.6 Å². The minimum Gasteiger partial charge on any atom is -0.368 e. The van der Waals surface area contributed by atoms with E-state index in [2.05, 4.69) is 24.5 Å². The highest BCUT2D eigenvalue weighted by Gasteiger charge is 2.42. The number of carbonyl (C=O) groups is 4. The quantitative estimate of drug-likeness (QED) is 0.540. The molecule has 2 aliphatic rings. The Morgan fingerprint density at radius 2 is 1.68 bits per heavy atom. The Kier molecular flexibility index (Phi) is 8.31. The molecule has 2 heterocycles. The van der Waals surface area contributed by atoms with Crippen LogP contribution in [0.4, 0.5) is 4.79 Å². The van der Waals surface area contributed by atoms with Crippen LogP contribution < -0.4 is 16.4 Å². The normalized spacial score (nSPS) is 22.8. The topological polar surface area (TPSA) is 125 Å². The maximum absolute atomic E-state index is 13.4. The lowest BCUT2D eigenvalue weighted by Crippen LogP contribution is -2.61. The number of nitrogens with zero attached hydrogens (tertiary/aromatic N) is 2. The lowest BCUT2D eigenvalue weighted by atomic mass is 9.81. The number of hydrogen-bond acceptors (Lipinski definition) is 4. The van der Waals surface area contributed by atoms with Crippen LogP contribution in [0.5, 0.6) is 0 Å². The van der Waals surface area contributed by atoms with Gasteiger partial charge in [-0.25, -0.2) is 4.79 Å². The zero-order chi connectivity index (χ0) is 26.1. The first-order chi connectivity index (χ1) is 15.4. The predicted octanol–water partition coefficient (Wildman–Crippen LogP) is 2.24. The number of carbonyl (C=O) groups excluding carboxylic acids is 4. The molecule has 2 aliphatic heterocycles. The number of nitrogens with one attached hydrogen (secondary N) is 2. The van der Waals surface area contributed by atoms with Gasteiger partial charge in [-0.15, -0.1) is 0 Å². The second-order valence-corrected chi connectivity index (χ2v) is 12.9. The van der Waals surface area contributed by atoms with Gasteiger partial charge >= 0.3 is 6.03 Å². The number of rotatable bonds is 6. The van der Waals surface area contributed by atoms with E-state index in [9.17, 15) is 19.2 Å². The molecular formula is C25H45N5O4. The lowest BCUT2D eigenvalue weighted by Gasteiger charge is -2.41. The van der Waals surface area contributed by atoms with E-state index in [-0.39, 0.29) is 28.7 Å². The zero-order valence-electron chi connectivity index (χ0n) is 22.3. The van der Waals surface area contributed by atoms with Crippen molar-refractivity contribution in [3.05, 3.63) is 0 Å². The molecule has 5 amide bonds. The summed E-state index contributed by atoms with van der Waals surface area (Å²) in [5.74, 6) is -0.725. The Morgan fingerprint density at radius 1 is 1.06 bits per heavy atom. The molecule has 0 spiro atoms. The number of nitrogens with two attached hydrogens (primary N) is 1. The fourth-order valence-electron chi connectivity index (χ4n) is 4.59. The fraction of sp³-hybridized carbons (Fsp3) is 0.840. The van der Waals surface area contributed by atoms with Crippen molar-refractivity contribution in [3.8, 4) is 0 Å². The van der Waals surface area contributed by atoms with Crippen LogP contribution in [0.1, 0.15) is 81.1 Å². The monoisotopic (exact) mass is 479 g/mol. The van der Waals surface area contributed by atoms with Gasteiger partial charge in [0.1, 0.15) is 12.1 Å². The van der Waals surface area contributed by atoms with Crippen LogP contribution >= 0.6 is 0 Å². The first kappa shape index (κ1) is 27.9. The van der Waals surface area contributed by atoms with Gasteiger partial charge in [-0.05, 0) is 35.5 Å². The highest BCUT2D eigenvalue weighted by Crippen LogP contribution is 2.32. The van der Waals surface area contributed by atoms with Gasteiger partial charge in [0.05, 0.1) is 6.04 Å². The van der Waals surface area contributed by atoms with E-state index < -0.39 is 29.4 Å². The van der Waals surface area contributed by atoms with E-state index in [1.54, 1.807) is 0 Å². The summed E-state index contributed by atoms with van der Waals surface area (Å²) in [6.07, 6.45) is 2.65. The van der Waals surface area contributed by atoms with Crippen molar-refractivity contribution < 1.29 is 19.2 Å². The van der Waals surface area contributed by atoms with E-state index in [1.165, 1.54) is 4.90 Å². The highest BCUT2D eigenvalue weighted by molar-refractivity contribution is 5.92.